The first-order chi connectivity index (χ1) is 17.5. The van der Waals surface area contributed by atoms with Crippen LogP contribution in [0.2, 0.25) is 10.0 Å². The topological polar surface area (TPSA) is 89.9 Å². The Morgan fingerprint density at radius 3 is 2.54 bits per heavy atom. The Balaban J connectivity index is 1.48. The molecule has 3 aromatic rings. The fourth-order valence-corrected chi connectivity index (χ4v) is 4.02. The molecule has 0 radical (unpaired) electrons. The summed E-state index contributed by atoms with van der Waals surface area (Å²) >= 11 is 11.8. The van der Waals surface area contributed by atoms with Crippen LogP contribution in [0.15, 0.2) is 65.9 Å². The molecule has 0 bridgehead atoms. The molecule has 4 rings (SSSR count). The van der Waals surface area contributed by atoms with Crippen molar-refractivity contribution in [3.63, 3.8) is 0 Å². The highest BCUT2D eigenvalue weighted by molar-refractivity contribution is 6.42. The molecule has 1 aromatic heterocycles. The van der Waals surface area contributed by atoms with Crippen molar-refractivity contribution in [1.29, 1.82) is 0 Å². The van der Waals surface area contributed by atoms with E-state index in [9.17, 15) is 22.8 Å². The normalized spacial score (nSPS) is 17.1. The van der Waals surface area contributed by atoms with E-state index in [1.165, 1.54) is 36.5 Å². The van der Waals surface area contributed by atoms with Crippen LogP contribution in [-0.2, 0) is 21.8 Å². The van der Waals surface area contributed by atoms with E-state index in [-0.39, 0.29) is 33.5 Å². The molecule has 1 aliphatic rings. The second-order valence-electron chi connectivity index (χ2n) is 8.14. The quantitative estimate of drug-likeness (QED) is 0.399. The minimum Gasteiger partial charge on any atom is -0.443 e. The van der Waals surface area contributed by atoms with E-state index in [0.29, 0.717) is 16.8 Å². The minimum absolute atomic E-state index is 0.0215. The number of carbonyl (C=O) groups is 2. The van der Waals surface area contributed by atoms with E-state index in [0.717, 1.165) is 6.07 Å². The molecule has 0 saturated heterocycles. The summed E-state index contributed by atoms with van der Waals surface area (Å²) in [5.41, 5.74) is -1.63. The molecule has 2 heterocycles. The van der Waals surface area contributed by atoms with Gasteiger partial charge >= 0.3 is 12.3 Å². The number of alkyl carbamates (subject to hydrolysis) is 1. The lowest BCUT2D eigenvalue weighted by molar-refractivity contribution is -0.275. The minimum atomic E-state index is -4.82. The number of imide groups is 1. The number of nitrogens with zero attached hydrogens (tertiary/aromatic N) is 2. The maximum absolute atomic E-state index is 14.2. The third kappa shape index (κ3) is 5.55. The van der Waals surface area contributed by atoms with Crippen molar-refractivity contribution in [3.8, 4) is 0 Å². The van der Waals surface area contributed by atoms with Crippen molar-refractivity contribution < 1.29 is 32.3 Å². The Bertz CT molecular complexity index is 1380. The lowest BCUT2D eigenvalue weighted by atomic mass is 9.86. The third-order valence-corrected chi connectivity index (χ3v) is 6.41. The Morgan fingerprint density at radius 2 is 1.89 bits per heavy atom. The van der Waals surface area contributed by atoms with Gasteiger partial charge < -0.3 is 9.57 Å². The standard InChI is InChI=1S/C25H18Cl2F3N3O4/c1-14-10-15(5-7-18(14)22(34)32-23(35)36-13-17-4-2-3-9-31-17)21-12-24(37-33-21,25(28,29)30)16-6-8-19(26)20(27)11-16/h2-11H,12-13H2,1H3,(H,32,34,35). The second-order valence-corrected chi connectivity index (χ2v) is 8.96. The number of benzene rings is 2. The molecule has 0 saturated carbocycles. The maximum atomic E-state index is 14.2. The molecule has 1 unspecified atom stereocenters. The van der Waals surface area contributed by atoms with Gasteiger partial charge in [0.05, 0.1) is 21.5 Å². The van der Waals surface area contributed by atoms with Crippen LogP contribution in [0.3, 0.4) is 0 Å². The summed E-state index contributed by atoms with van der Waals surface area (Å²) in [5.74, 6) is -0.736. The van der Waals surface area contributed by atoms with Crippen molar-refractivity contribution in [2.24, 2.45) is 5.16 Å². The molecule has 1 aliphatic heterocycles. The number of alkyl halides is 3. The average molecular weight is 552 g/mol. The first kappa shape index (κ1) is 26.4. The van der Waals surface area contributed by atoms with Gasteiger partial charge in [-0.15, -0.1) is 0 Å². The van der Waals surface area contributed by atoms with Gasteiger partial charge in [-0.05, 0) is 54.4 Å². The van der Waals surface area contributed by atoms with E-state index in [1.807, 2.05) is 0 Å². The van der Waals surface area contributed by atoms with E-state index in [4.69, 9.17) is 32.8 Å². The number of aryl methyl sites for hydroxylation is 1. The molecule has 192 valence electrons. The molecule has 1 atom stereocenters. The van der Waals surface area contributed by atoms with Gasteiger partial charge in [-0.1, -0.05) is 46.6 Å². The Kier molecular flexibility index (Phi) is 7.42. The average Bonchev–Trinajstić information content (AvgIpc) is 3.32. The summed E-state index contributed by atoms with van der Waals surface area (Å²) in [4.78, 5) is 33.5. The SMILES string of the molecule is Cc1cc(C2=NOC(c3ccc(Cl)c(Cl)c3)(C(F)(F)F)C2)ccc1C(=O)NC(=O)OCc1ccccn1. The van der Waals surface area contributed by atoms with Gasteiger partial charge in [-0.3, -0.25) is 15.1 Å². The molecule has 1 N–H and O–H groups in total. The predicted molar refractivity (Wildman–Crippen MR) is 130 cm³/mol. The van der Waals surface area contributed by atoms with Crippen LogP contribution < -0.4 is 5.32 Å². The van der Waals surface area contributed by atoms with Crippen molar-refractivity contribution in [2.45, 2.75) is 31.7 Å². The molecule has 37 heavy (non-hydrogen) atoms. The largest absolute Gasteiger partial charge is 0.443 e. The fourth-order valence-electron chi connectivity index (χ4n) is 3.72. The number of nitrogens with one attached hydrogen (secondary N) is 1. The van der Waals surface area contributed by atoms with Gasteiger partial charge in [0.25, 0.3) is 11.5 Å². The van der Waals surface area contributed by atoms with E-state index in [2.05, 4.69) is 15.5 Å². The van der Waals surface area contributed by atoms with Gasteiger partial charge in [0.1, 0.15) is 6.61 Å². The van der Waals surface area contributed by atoms with Gasteiger partial charge in [0.2, 0.25) is 0 Å². The monoisotopic (exact) mass is 551 g/mol. The zero-order valence-electron chi connectivity index (χ0n) is 19.1. The van der Waals surface area contributed by atoms with E-state index >= 15 is 0 Å². The summed E-state index contributed by atoms with van der Waals surface area (Å²) in [6, 6.07) is 12.9. The smallest absolute Gasteiger partial charge is 0.435 e. The first-order valence-electron chi connectivity index (χ1n) is 10.8. The maximum Gasteiger partial charge on any atom is 0.435 e. The molecule has 2 amide bonds. The van der Waals surface area contributed by atoms with Crippen LogP contribution >= 0.6 is 23.2 Å². The Labute approximate surface area is 219 Å². The Hall–Kier alpha value is -3.63. The zero-order chi connectivity index (χ0) is 26.8. The highest BCUT2D eigenvalue weighted by Crippen LogP contribution is 2.49. The number of ether oxygens (including phenoxy) is 1. The second kappa shape index (κ2) is 10.4. The highest BCUT2D eigenvalue weighted by atomic mass is 35.5. The number of hydrogen-bond acceptors (Lipinski definition) is 6. The number of amides is 2. The zero-order valence-corrected chi connectivity index (χ0v) is 20.6. The highest BCUT2D eigenvalue weighted by Gasteiger charge is 2.62. The first-order valence-corrected chi connectivity index (χ1v) is 11.5. The van der Waals surface area contributed by atoms with Crippen LogP contribution in [0.4, 0.5) is 18.0 Å². The van der Waals surface area contributed by atoms with Crippen LogP contribution in [0.1, 0.15) is 39.2 Å². The number of carbonyl (C=O) groups excluding carboxylic acids is 2. The fraction of sp³-hybridized carbons (Fsp3) is 0.200. The van der Waals surface area contributed by atoms with Crippen molar-refractivity contribution in [3.05, 3.63) is 98.8 Å². The third-order valence-electron chi connectivity index (χ3n) is 5.67. The summed E-state index contributed by atoms with van der Waals surface area (Å²) < 4.78 is 47.6. The molecular weight excluding hydrogens is 534 g/mol. The number of aromatic nitrogens is 1. The predicted octanol–water partition coefficient (Wildman–Crippen LogP) is 6.35. The van der Waals surface area contributed by atoms with Gasteiger partial charge in [0.15, 0.2) is 0 Å². The number of rotatable bonds is 5. The van der Waals surface area contributed by atoms with Gasteiger partial charge in [0, 0.05) is 23.7 Å². The van der Waals surface area contributed by atoms with Crippen LogP contribution in [0.5, 0.6) is 0 Å². The molecule has 7 nitrogen and oxygen atoms in total. The number of hydrogen-bond donors (Lipinski definition) is 1. The lowest BCUT2D eigenvalue weighted by Crippen LogP contribution is -2.42. The van der Waals surface area contributed by atoms with Gasteiger partial charge in [-0.25, -0.2) is 4.79 Å². The summed E-state index contributed by atoms with van der Waals surface area (Å²) in [5, 5.41) is 5.87. The van der Waals surface area contributed by atoms with Crippen LogP contribution in [-0.4, -0.2) is 28.9 Å². The summed E-state index contributed by atoms with van der Waals surface area (Å²) in [6.45, 7) is 1.45. The number of oxime groups is 1. The van der Waals surface area contributed by atoms with Crippen molar-refractivity contribution in [2.75, 3.05) is 0 Å². The molecular formula is C25H18Cl2F3N3O4. The lowest BCUT2D eigenvalue weighted by Gasteiger charge is -2.29. The van der Waals surface area contributed by atoms with Crippen LogP contribution in [0.25, 0.3) is 0 Å². The number of pyridine rings is 1. The van der Waals surface area contributed by atoms with E-state index in [1.54, 1.807) is 25.1 Å². The molecule has 0 aliphatic carbocycles. The van der Waals surface area contributed by atoms with Gasteiger partial charge in [-0.2, -0.15) is 13.2 Å². The van der Waals surface area contributed by atoms with Crippen LogP contribution in [0, 0.1) is 6.92 Å². The van der Waals surface area contributed by atoms with Crippen molar-refractivity contribution >= 4 is 40.9 Å². The molecule has 2 aromatic carbocycles. The van der Waals surface area contributed by atoms with E-state index < -0.39 is 30.2 Å². The number of halogens is 5. The molecule has 0 spiro atoms. The Morgan fingerprint density at radius 1 is 1.11 bits per heavy atom. The molecule has 12 heteroatoms. The molecule has 0 fully saturated rings. The summed E-state index contributed by atoms with van der Waals surface area (Å²) in [7, 11) is 0. The summed E-state index contributed by atoms with van der Waals surface area (Å²) in [6.07, 6.45) is -4.88. The van der Waals surface area contributed by atoms with Crippen molar-refractivity contribution in [1.82, 2.24) is 10.3 Å².